The van der Waals surface area contributed by atoms with Crippen molar-refractivity contribution in [3.8, 4) is 0 Å². The molecule has 21 heavy (non-hydrogen) atoms. The van der Waals surface area contributed by atoms with Crippen molar-refractivity contribution in [3.05, 3.63) is 41.2 Å². The molecule has 1 heterocycles. The Bertz CT molecular complexity index is 703. The molecule has 1 aromatic carbocycles. The van der Waals surface area contributed by atoms with E-state index in [1.807, 2.05) is 25.1 Å². The van der Waals surface area contributed by atoms with E-state index >= 15 is 0 Å². The van der Waals surface area contributed by atoms with E-state index in [1.54, 1.807) is 19.9 Å². The number of hydrogen-bond donors (Lipinski definition) is 3. The van der Waals surface area contributed by atoms with Gasteiger partial charge in [-0.15, -0.1) is 0 Å². The predicted octanol–water partition coefficient (Wildman–Crippen LogP) is 1.94. The third kappa shape index (κ3) is 3.43. The number of aryl methyl sites for hydroxylation is 2. The van der Waals surface area contributed by atoms with Crippen molar-refractivity contribution >= 4 is 15.7 Å². The Labute approximate surface area is 125 Å². The van der Waals surface area contributed by atoms with E-state index in [-0.39, 0.29) is 4.90 Å². The standard InChI is InChI=1S/C14H20N4O2S/c1-4-15-9-12-7-5-6-8-13(12)18-21(19,20)14-10(2)16-17-11(14)3/h5-8,15,18H,4,9H2,1-3H3,(H,16,17). The van der Waals surface area contributed by atoms with E-state index in [1.165, 1.54) is 0 Å². The second-order valence-electron chi connectivity index (χ2n) is 4.81. The summed E-state index contributed by atoms with van der Waals surface area (Å²) < 4.78 is 27.7. The molecular formula is C14H20N4O2S. The van der Waals surface area contributed by atoms with Crippen LogP contribution in [0, 0.1) is 13.8 Å². The third-order valence-electron chi connectivity index (χ3n) is 3.16. The molecule has 0 radical (unpaired) electrons. The van der Waals surface area contributed by atoms with Gasteiger partial charge in [-0.1, -0.05) is 25.1 Å². The fourth-order valence-corrected chi connectivity index (χ4v) is 3.64. The van der Waals surface area contributed by atoms with E-state index in [0.29, 0.717) is 23.6 Å². The summed E-state index contributed by atoms with van der Waals surface area (Å²) in [5, 5.41) is 9.83. The molecule has 7 heteroatoms. The van der Waals surface area contributed by atoms with Crippen LogP contribution >= 0.6 is 0 Å². The maximum Gasteiger partial charge on any atom is 0.265 e. The summed E-state index contributed by atoms with van der Waals surface area (Å²) in [6, 6.07) is 7.35. The van der Waals surface area contributed by atoms with Gasteiger partial charge in [-0.25, -0.2) is 8.42 Å². The first-order valence-electron chi connectivity index (χ1n) is 6.78. The number of anilines is 1. The molecule has 0 saturated carbocycles. The zero-order chi connectivity index (χ0) is 15.5. The van der Waals surface area contributed by atoms with Crippen molar-refractivity contribution in [3.63, 3.8) is 0 Å². The van der Waals surface area contributed by atoms with Crippen LogP contribution in [0.1, 0.15) is 23.9 Å². The summed E-state index contributed by atoms with van der Waals surface area (Å²) in [5.74, 6) is 0. The zero-order valence-electron chi connectivity index (χ0n) is 12.4. The van der Waals surface area contributed by atoms with Gasteiger partial charge in [0.15, 0.2) is 0 Å². The molecule has 2 rings (SSSR count). The maximum absolute atomic E-state index is 12.5. The van der Waals surface area contributed by atoms with Crippen molar-refractivity contribution in [2.24, 2.45) is 0 Å². The lowest BCUT2D eigenvalue weighted by Crippen LogP contribution is -2.18. The average Bonchev–Trinajstić information content (AvgIpc) is 2.77. The Kier molecular flexibility index (Phi) is 4.64. The van der Waals surface area contributed by atoms with E-state index < -0.39 is 10.0 Å². The van der Waals surface area contributed by atoms with E-state index in [4.69, 9.17) is 0 Å². The molecule has 0 aliphatic heterocycles. The molecule has 0 spiro atoms. The van der Waals surface area contributed by atoms with Crippen LogP contribution in [0.3, 0.4) is 0 Å². The molecule has 0 fully saturated rings. The summed E-state index contributed by atoms with van der Waals surface area (Å²) in [4.78, 5) is 0.209. The van der Waals surface area contributed by atoms with Gasteiger partial charge in [-0.3, -0.25) is 9.82 Å². The molecule has 0 aliphatic carbocycles. The third-order valence-corrected chi connectivity index (χ3v) is 4.78. The number of sulfonamides is 1. The van der Waals surface area contributed by atoms with Gasteiger partial charge < -0.3 is 5.32 Å². The topological polar surface area (TPSA) is 86.9 Å². The molecule has 0 unspecified atom stereocenters. The summed E-state index contributed by atoms with van der Waals surface area (Å²) in [7, 11) is -3.65. The van der Waals surface area contributed by atoms with Crippen LogP contribution < -0.4 is 10.0 Å². The Hall–Kier alpha value is -1.86. The lowest BCUT2D eigenvalue weighted by atomic mass is 10.2. The first kappa shape index (κ1) is 15.5. The highest BCUT2D eigenvalue weighted by Gasteiger charge is 2.23. The predicted molar refractivity (Wildman–Crippen MR) is 82.7 cm³/mol. The number of nitrogens with zero attached hydrogens (tertiary/aromatic N) is 1. The number of para-hydroxylation sites is 1. The van der Waals surface area contributed by atoms with Crippen LogP contribution in [0.15, 0.2) is 29.2 Å². The highest BCUT2D eigenvalue weighted by atomic mass is 32.2. The maximum atomic E-state index is 12.5. The van der Waals surface area contributed by atoms with Crippen LogP contribution in [0.4, 0.5) is 5.69 Å². The number of nitrogens with one attached hydrogen (secondary N) is 3. The summed E-state index contributed by atoms with van der Waals surface area (Å²) in [6.45, 7) is 6.80. The minimum atomic E-state index is -3.65. The highest BCUT2D eigenvalue weighted by Crippen LogP contribution is 2.23. The molecule has 0 saturated heterocycles. The van der Waals surface area contributed by atoms with Crippen molar-refractivity contribution < 1.29 is 8.42 Å². The molecule has 6 nitrogen and oxygen atoms in total. The Morgan fingerprint density at radius 2 is 1.95 bits per heavy atom. The number of aromatic amines is 1. The number of benzene rings is 1. The first-order chi connectivity index (χ1) is 9.95. The molecule has 114 valence electrons. The average molecular weight is 308 g/mol. The monoisotopic (exact) mass is 308 g/mol. The van der Waals surface area contributed by atoms with Crippen molar-refractivity contribution in [2.75, 3.05) is 11.3 Å². The molecule has 1 aromatic heterocycles. The minimum Gasteiger partial charge on any atom is -0.313 e. The SMILES string of the molecule is CCNCc1ccccc1NS(=O)(=O)c1c(C)n[nH]c1C. The zero-order valence-corrected chi connectivity index (χ0v) is 13.2. The van der Waals surface area contributed by atoms with Gasteiger partial charge in [-0.2, -0.15) is 5.10 Å². The van der Waals surface area contributed by atoms with E-state index in [0.717, 1.165) is 12.1 Å². The first-order valence-corrected chi connectivity index (χ1v) is 8.27. The summed E-state index contributed by atoms with van der Waals surface area (Å²) in [6.07, 6.45) is 0. The normalized spacial score (nSPS) is 11.6. The van der Waals surface area contributed by atoms with Gasteiger partial charge in [0.05, 0.1) is 17.1 Å². The number of H-pyrrole nitrogens is 1. The van der Waals surface area contributed by atoms with Gasteiger partial charge in [0.2, 0.25) is 0 Å². The van der Waals surface area contributed by atoms with Gasteiger partial charge in [0, 0.05) is 6.54 Å². The van der Waals surface area contributed by atoms with Gasteiger partial charge in [-0.05, 0) is 32.0 Å². The number of rotatable bonds is 6. The van der Waals surface area contributed by atoms with Crippen LogP contribution in [0.25, 0.3) is 0 Å². The lowest BCUT2D eigenvalue weighted by molar-refractivity contribution is 0.600. The summed E-state index contributed by atoms with van der Waals surface area (Å²) >= 11 is 0. The highest BCUT2D eigenvalue weighted by molar-refractivity contribution is 7.92. The fraction of sp³-hybridized carbons (Fsp3) is 0.357. The smallest absolute Gasteiger partial charge is 0.265 e. The molecule has 0 aliphatic rings. The molecule has 3 N–H and O–H groups in total. The molecule has 2 aromatic rings. The largest absolute Gasteiger partial charge is 0.313 e. The van der Waals surface area contributed by atoms with E-state index in [2.05, 4.69) is 20.2 Å². The quantitative estimate of drug-likeness (QED) is 0.761. The van der Waals surface area contributed by atoms with Crippen LogP contribution in [0.2, 0.25) is 0 Å². The molecule has 0 atom stereocenters. The Balaban J connectivity index is 2.33. The Morgan fingerprint density at radius 1 is 1.24 bits per heavy atom. The fourth-order valence-electron chi connectivity index (χ4n) is 2.17. The van der Waals surface area contributed by atoms with Crippen LogP contribution in [-0.2, 0) is 16.6 Å². The van der Waals surface area contributed by atoms with Crippen LogP contribution in [0.5, 0.6) is 0 Å². The summed E-state index contributed by atoms with van der Waals surface area (Å²) in [5.41, 5.74) is 2.48. The van der Waals surface area contributed by atoms with Crippen molar-refractivity contribution in [2.45, 2.75) is 32.2 Å². The Morgan fingerprint density at radius 3 is 2.57 bits per heavy atom. The van der Waals surface area contributed by atoms with E-state index in [9.17, 15) is 8.42 Å². The molecule has 0 amide bonds. The van der Waals surface area contributed by atoms with Crippen molar-refractivity contribution in [1.29, 1.82) is 0 Å². The number of aromatic nitrogens is 2. The molecular weight excluding hydrogens is 288 g/mol. The molecule has 0 bridgehead atoms. The lowest BCUT2D eigenvalue weighted by Gasteiger charge is -2.13. The number of hydrogen-bond acceptors (Lipinski definition) is 4. The minimum absolute atomic E-state index is 0.209. The second-order valence-corrected chi connectivity index (χ2v) is 6.43. The van der Waals surface area contributed by atoms with Crippen molar-refractivity contribution in [1.82, 2.24) is 15.5 Å². The second kappa shape index (κ2) is 6.28. The van der Waals surface area contributed by atoms with Crippen LogP contribution in [-0.4, -0.2) is 25.2 Å². The van der Waals surface area contributed by atoms with Gasteiger partial charge in [0.25, 0.3) is 10.0 Å². The van der Waals surface area contributed by atoms with Gasteiger partial charge in [0.1, 0.15) is 4.90 Å². The van der Waals surface area contributed by atoms with Gasteiger partial charge >= 0.3 is 0 Å².